The molecule has 2 heteroatoms. The maximum atomic E-state index is 11.0. The monoisotopic (exact) mass is 245 g/mol. The van der Waals surface area contributed by atoms with E-state index in [0.717, 1.165) is 12.8 Å². The van der Waals surface area contributed by atoms with Gasteiger partial charge < -0.3 is 4.90 Å². The standard InChI is InChI=1S/C16H23NO/c1-15(18)17(2)14-10-5-3-4-7-11-16-12-8-6-9-13-16/h5-6,8-10,12-13H,3-4,7,11,14H2,1-2H3. The zero-order chi connectivity index (χ0) is 13.2. The highest BCUT2D eigenvalue weighted by Crippen LogP contribution is 2.06. The van der Waals surface area contributed by atoms with Gasteiger partial charge in [0.15, 0.2) is 0 Å². The van der Waals surface area contributed by atoms with Gasteiger partial charge >= 0.3 is 0 Å². The number of allylic oxidation sites excluding steroid dienone is 1. The smallest absolute Gasteiger partial charge is 0.219 e. The zero-order valence-electron chi connectivity index (χ0n) is 11.4. The molecule has 1 aromatic carbocycles. The summed E-state index contributed by atoms with van der Waals surface area (Å²) in [5.41, 5.74) is 1.41. The molecule has 0 bridgehead atoms. The number of benzene rings is 1. The van der Waals surface area contributed by atoms with Gasteiger partial charge in [0.2, 0.25) is 5.91 Å². The van der Waals surface area contributed by atoms with Crippen LogP contribution < -0.4 is 0 Å². The second kappa shape index (κ2) is 8.51. The SMILES string of the molecule is CC(=O)N(C)CC=CCCCCc1ccccc1. The van der Waals surface area contributed by atoms with Crippen LogP contribution in [0.3, 0.4) is 0 Å². The zero-order valence-corrected chi connectivity index (χ0v) is 11.4. The highest BCUT2D eigenvalue weighted by molar-refractivity contribution is 5.72. The third-order valence-corrected chi connectivity index (χ3v) is 3.01. The molecule has 0 aliphatic heterocycles. The second-order valence-electron chi connectivity index (χ2n) is 4.60. The molecule has 0 unspecified atom stereocenters. The van der Waals surface area contributed by atoms with Crippen molar-refractivity contribution >= 4 is 5.91 Å². The number of hydrogen-bond acceptors (Lipinski definition) is 1. The molecule has 0 radical (unpaired) electrons. The predicted molar refractivity (Wildman–Crippen MR) is 76.4 cm³/mol. The normalized spacial score (nSPS) is 10.8. The number of hydrogen-bond donors (Lipinski definition) is 0. The van der Waals surface area contributed by atoms with E-state index in [1.807, 2.05) is 7.05 Å². The molecule has 0 fully saturated rings. The van der Waals surface area contributed by atoms with Gasteiger partial charge in [-0.05, 0) is 31.2 Å². The molecule has 0 heterocycles. The molecular weight excluding hydrogens is 222 g/mol. The van der Waals surface area contributed by atoms with Crippen molar-refractivity contribution < 1.29 is 4.79 Å². The maximum Gasteiger partial charge on any atom is 0.219 e. The molecule has 0 spiro atoms. The molecule has 0 aromatic heterocycles. The fraction of sp³-hybridized carbons (Fsp3) is 0.438. The quantitative estimate of drug-likeness (QED) is 0.532. The molecule has 2 nitrogen and oxygen atoms in total. The molecule has 0 saturated heterocycles. The highest BCUT2D eigenvalue weighted by Gasteiger charge is 1.96. The van der Waals surface area contributed by atoms with Crippen LogP contribution in [0.1, 0.15) is 31.7 Å². The number of aryl methyl sites for hydroxylation is 1. The van der Waals surface area contributed by atoms with E-state index in [1.165, 1.54) is 18.4 Å². The van der Waals surface area contributed by atoms with E-state index in [-0.39, 0.29) is 5.91 Å². The van der Waals surface area contributed by atoms with E-state index in [1.54, 1.807) is 11.8 Å². The van der Waals surface area contributed by atoms with Crippen LogP contribution >= 0.6 is 0 Å². The molecule has 98 valence electrons. The summed E-state index contributed by atoms with van der Waals surface area (Å²) in [6.45, 7) is 2.31. The van der Waals surface area contributed by atoms with Crippen LogP contribution in [0.4, 0.5) is 0 Å². The number of amides is 1. The first-order chi connectivity index (χ1) is 8.70. The van der Waals surface area contributed by atoms with E-state index in [4.69, 9.17) is 0 Å². The topological polar surface area (TPSA) is 20.3 Å². The lowest BCUT2D eigenvalue weighted by Crippen LogP contribution is -2.23. The Balaban J connectivity index is 2.05. The Labute approximate surface area is 110 Å². The predicted octanol–water partition coefficient (Wildman–Crippen LogP) is 3.43. The lowest BCUT2D eigenvalue weighted by Gasteiger charge is -2.10. The minimum absolute atomic E-state index is 0.115. The van der Waals surface area contributed by atoms with Crippen LogP contribution in [-0.4, -0.2) is 24.4 Å². The van der Waals surface area contributed by atoms with Gasteiger partial charge in [0.1, 0.15) is 0 Å². The third-order valence-electron chi connectivity index (χ3n) is 3.01. The molecule has 1 amide bonds. The summed E-state index contributed by atoms with van der Waals surface area (Å²) in [5.74, 6) is 0.115. The van der Waals surface area contributed by atoms with Crippen molar-refractivity contribution in [2.75, 3.05) is 13.6 Å². The van der Waals surface area contributed by atoms with Gasteiger partial charge in [-0.3, -0.25) is 4.79 Å². The Hall–Kier alpha value is -1.57. The summed E-state index contributed by atoms with van der Waals surface area (Å²) in [6, 6.07) is 10.6. The van der Waals surface area contributed by atoms with Crippen molar-refractivity contribution in [2.24, 2.45) is 0 Å². The molecule has 0 atom stereocenters. The Morgan fingerprint density at radius 2 is 1.89 bits per heavy atom. The Morgan fingerprint density at radius 3 is 2.56 bits per heavy atom. The van der Waals surface area contributed by atoms with E-state index >= 15 is 0 Å². The highest BCUT2D eigenvalue weighted by atomic mass is 16.2. The van der Waals surface area contributed by atoms with Crippen LogP contribution in [0, 0.1) is 0 Å². The summed E-state index contributed by atoms with van der Waals surface area (Å²) in [5, 5.41) is 0. The molecule has 0 aliphatic rings. The first-order valence-corrected chi connectivity index (χ1v) is 6.61. The van der Waals surface area contributed by atoms with Crippen LogP contribution in [0.5, 0.6) is 0 Å². The Kier molecular flexibility index (Phi) is 6.85. The molecule has 0 aliphatic carbocycles. The molecule has 0 saturated carbocycles. The lowest BCUT2D eigenvalue weighted by atomic mass is 10.1. The number of rotatable bonds is 7. The average Bonchev–Trinajstić information content (AvgIpc) is 2.38. The van der Waals surface area contributed by atoms with Gasteiger partial charge in [0, 0.05) is 20.5 Å². The maximum absolute atomic E-state index is 11.0. The fourth-order valence-corrected chi connectivity index (χ4v) is 1.72. The first-order valence-electron chi connectivity index (χ1n) is 6.61. The van der Waals surface area contributed by atoms with Gasteiger partial charge in [-0.1, -0.05) is 42.5 Å². The number of likely N-dealkylation sites (N-methyl/N-ethyl adjacent to an activating group) is 1. The molecular formula is C16H23NO. The summed E-state index contributed by atoms with van der Waals surface area (Å²) in [7, 11) is 1.82. The largest absolute Gasteiger partial charge is 0.342 e. The van der Waals surface area contributed by atoms with E-state index in [2.05, 4.69) is 42.5 Å². The summed E-state index contributed by atoms with van der Waals surface area (Å²) < 4.78 is 0. The van der Waals surface area contributed by atoms with E-state index in [9.17, 15) is 4.79 Å². The number of nitrogens with zero attached hydrogens (tertiary/aromatic N) is 1. The van der Waals surface area contributed by atoms with Crippen LogP contribution in [-0.2, 0) is 11.2 Å². The van der Waals surface area contributed by atoms with E-state index < -0.39 is 0 Å². The van der Waals surface area contributed by atoms with Crippen molar-refractivity contribution in [3.63, 3.8) is 0 Å². The summed E-state index contributed by atoms with van der Waals surface area (Å²) in [4.78, 5) is 12.7. The average molecular weight is 245 g/mol. The third kappa shape index (κ3) is 6.24. The lowest BCUT2D eigenvalue weighted by molar-refractivity contribution is -0.127. The number of carbonyl (C=O) groups excluding carboxylic acids is 1. The summed E-state index contributed by atoms with van der Waals surface area (Å²) >= 11 is 0. The fourth-order valence-electron chi connectivity index (χ4n) is 1.72. The Bertz CT molecular complexity index is 370. The minimum Gasteiger partial charge on any atom is -0.342 e. The molecule has 1 aromatic rings. The van der Waals surface area contributed by atoms with Crippen molar-refractivity contribution in [1.29, 1.82) is 0 Å². The van der Waals surface area contributed by atoms with Crippen molar-refractivity contribution in [3.05, 3.63) is 48.0 Å². The number of carbonyl (C=O) groups is 1. The van der Waals surface area contributed by atoms with Gasteiger partial charge in [-0.15, -0.1) is 0 Å². The minimum atomic E-state index is 0.115. The molecule has 0 N–H and O–H groups in total. The first kappa shape index (κ1) is 14.5. The Morgan fingerprint density at radius 1 is 1.17 bits per heavy atom. The van der Waals surface area contributed by atoms with Gasteiger partial charge in [-0.2, -0.15) is 0 Å². The van der Waals surface area contributed by atoms with Crippen molar-refractivity contribution in [1.82, 2.24) is 4.90 Å². The van der Waals surface area contributed by atoms with Crippen LogP contribution in [0.2, 0.25) is 0 Å². The summed E-state index contributed by atoms with van der Waals surface area (Å²) in [6.07, 6.45) is 8.92. The van der Waals surface area contributed by atoms with Crippen molar-refractivity contribution in [3.8, 4) is 0 Å². The molecule has 18 heavy (non-hydrogen) atoms. The van der Waals surface area contributed by atoms with Crippen LogP contribution in [0.25, 0.3) is 0 Å². The second-order valence-corrected chi connectivity index (χ2v) is 4.60. The van der Waals surface area contributed by atoms with E-state index in [0.29, 0.717) is 6.54 Å². The van der Waals surface area contributed by atoms with Crippen LogP contribution in [0.15, 0.2) is 42.5 Å². The van der Waals surface area contributed by atoms with Gasteiger partial charge in [0.25, 0.3) is 0 Å². The molecule has 1 rings (SSSR count). The van der Waals surface area contributed by atoms with Gasteiger partial charge in [0.05, 0.1) is 0 Å². The van der Waals surface area contributed by atoms with Gasteiger partial charge in [-0.25, -0.2) is 0 Å². The number of unbranched alkanes of at least 4 members (excludes halogenated alkanes) is 2. The van der Waals surface area contributed by atoms with Crippen molar-refractivity contribution in [2.45, 2.75) is 32.6 Å².